The largest absolute Gasteiger partial charge is 0.339 e. The molecule has 0 fully saturated rings. The number of amides is 1. The van der Waals surface area contributed by atoms with Crippen LogP contribution in [0, 0.1) is 18.3 Å². The molecular weight excluding hydrogens is 176 g/mol. The number of hydrogen-bond donors (Lipinski definition) is 2. The predicted octanol–water partition coefficient (Wildman–Crippen LogP) is 0.888. The Bertz CT molecular complexity index is 238. The zero-order valence-electron chi connectivity index (χ0n) is 9.42. The van der Waals surface area contributed by atoms with E-state index < -0.39 is 11.6 Å². The van der Waals surface area contributed by atoms with Gasteiger partial charge in [0.25, 0.3) is 0 Å². The molecule has 1 atom stereocenters. The van der Waals surface area contributed by atoms with Gasteiger partial charge < -0.3 is 11.1 Å². The zero-order chi connectivity index (χ0) is 11.4. The first-order valence-electron chi connectivity index (χ1n) is 4.84. The predicted molar refractivity (Wildman–Crippen MR) is 58.5 cm³/mol. The average molecular weight is 196 g/mol. The third-order valence-corrected chi connectivity index (χ3v) is 1.86. The average Bonchev–Trinajstić information content (AvgIpc) is 2.02. The van der Waals surface area contributed by atoms with Crippen molar-refractivity contribution in [2.24, 2.45) is 11.7 Å². The third kappa shape index (κ3) is 4.88. The molecule has 3 N–H and O–H groups in total. The van der Waals surface area contributed by atoms with Gasteiger partial charge in [0.05, 0.1) is 11.6 Å². The topological polar surface area (TPSA) is 55.1 Å². The lowest BCUT2D eigenvalue weighted by molar-refractivity contribution is -0.123. The molecule has 0 aliphatic heterocycles. The molecule has 14 heavy (non-hydrogen) atoms. The molecule has 0 bridgehead atoms. The molecule has 0 aromatic rings. The highest BCUT2D eigenvalue weighted by atomic mass is 16.2. The summed E-state index contributed by atoms with van der Waals surface area (Å²) in [5.74, 6) is 2.72. The van der Waals surface area contributed by atoms with Gasteiger partial charge in [0, 0.05) is 0 Å². The number of carbonyl (C=O) groups excluding carboxylic acids is 1. The molecule has 0 heterocycles. The molecule has 0 saturated carbocycles. The smallest absolute Gasteiger partial charge is 0.238 e. The number of carbonyl (C=O) groups is 1. The van der Waals surface area contributed by atoms with Crippen LogP contribution in [0.25, 0.3) is 0 Å². The minimum atomic E-state index is -0.619. The molecule has 0 saturated heterocycles. The Morgan fingerprint density at radius 1 is 1.57 bits per heavy atom. The van der Waals surface area contributed by atoms with E-state index in [9.17, 15) is 4.79 Å². The van der Waals surface area contributed by atoms with Gasteiger partial charge in [-0.25, -0.2) is 0 Å². The lowest BCUT2D eigenvalue weighted by Gasteiger charge is -2.22. The van der Waals surface area contributed by atoms with Crippen LogP contribution >= 0.6 is 0 Å². The van der Waals surface area contributed by atoms with E-state index in [0.717, 1.165) is 0 Å². The Morgan fingerprint density at radius 3 is 2.43 bits per heavy atom. The molecule has 3 heteroatoms. The lowest BCUT2D eigenvalue weighted by Crippen LogP contribution is -2.50. The van der Waals surface area contributed by atoms with Crippen molar-refractivity contribution in [1.82, 2.24) is 5.32 Å². The molecule has 0 aromatic carbocycles. The highest BCUT2D eigenvalue weighted by molar-refractivity contribution is 5.82. The minimum absolute atomic E-state index is 0.179. The molecule has 0 radical (unpaired) electrons. The molecule has 0 rings (SSSR count). The zero-order valence-corrected chi connectivity index (χ0v) is 9.42. The molecule has 3 nitrogen and oxygen atoms in total. The van der Waals surface area contributed by atoms with Crippen molar-refractivity contribution in [1.29, 1.82) is 0 Å². The number of nitrogens with one attached hydrogen (secondary N) is 1. The van der Waals surface area contributed by atoms with E-state index in [-0.39, 0.29) is 5.91 Å². The van der Waals surface area contributed by atoms with E-state index in [1.807, 2.05) is 13.8 Å². The van der Waals surface area contributed by atoms with E-state index in [2.05, 4.69) is 11.2 Å². The summed E-state index contributed by atoms with van der Waals surface area (Å²) < 4.78 is 0. The van der Waals surface area contributed by atoms with Crippen molar-refractivity contribution in [3.05, 3.63) is 0 Å². The summed E-state index contributed by atoms with van der Waals surface area (Å²) in [6.45, 7) is 7.60. The SMILES string of the molecule is C#CC(C)(C)NC(=O)C(N)CC(C)C. The van der Waals surface area contributed by atoms with Gasteiger partial charge in [0.15, 0.2) is 0 Å². The maximum absolute atomic E-state index is 11.5. The standard InChI is InChI=1S/C11H20N2O/c1-6-11(4,5)13-10(14)9(12)7-8(2)3/h1,8-9H,7,12H2,2-5H3,(H,13,14). The van der Waals surface area contributed by atoms with Crippen LogP contribution in [0.4, 0.5) is 0 Å². The molecular formula is C11H20N2O. The van der Waals surface area contributed by atoms with E-state index in [1.165, 1.54) is 0 Å². The van der Waals surface area contributed by atoms with Gasteiger partial charge in [-0.15, -0.1) is 6.42 Å². The number of rotatable bonds is 4. The van der Waals surface area contributed by atoms with E-state index >= 15 is 0 Å². The van der Waals surface area contributed by atoms with Gasteiger partial charge in [-0.05, 0) is 26.2 Å². The highest BCUT2D eigenvalue weighted by Gasteiger charge is 2.21. The molecule has 1 unspecified atom stereocenters. The first-order valence-corrected chi connectivity index (χ1v) is 4.84. The fourth-order valence-electron chi connectivity index (χ4n) is 1.05. The Hall–Kier alpha value is -1.01. The van der Waals surface area contributed by atoms with Crippen LogP contribution in [0.15, 0.2) is 0 Å². The van der Waals surface area contributed by atoms with Gasteiger partial charge in [0.1, 0.15) is 0 Å². The maximum atomic E-state index is 11.5. The summed E-state index contributed by atoms with van der Waals surface area (Å²) in [7, 11) is 0. The van der Waals surface area contributed by atoms with Crippen molar-refractivity contribution in [2.45, 2.75) is 45.7 Å². The van der Waals surface area contributed by atoms with Gasteiger partial charge in [-0.3, -0.25) is 4.79 Å². The summed E-state index contributed by atoms with van der Waals surface area (Å²) >= 11 is 0. The first kappa shape index (κ1) is 13.0. The Kier molecular flexibility index (Phi) is 4.65. The Labute approximate surface area is 86.4 Å². The summed E-state index contributed by atoms with van der Waals surface area (Å²) in [4.78, 5) is 11.5. The molecule has 0 aromatic heterocycles. The third-order valence-electron chi connectivity index (χ3n) is 1.86. The molecule has 0 spiro atoms. The summed E-state index contributed by atoms with van der Waals surface area (Å²) in [5, 5.41) is 2.71. The fourth-order valence-corrected chi connectivity index (χ4v) is 1.05. The molecule has 80 valence electrons. The van der Waals surface area contributed by atoms with Gasteiger partial charge in [0.2, 0.25) is 5.91 Å². The van der Waals surface area contributed by atoms with E-state index in [4.69, 9.17) is 12.2 Å². The number of hydrogen-bond acceptors (Lipinski definition) is 2. The second-order valence-corrected chi connectivity index (χ2v) is 4.49. The number of nitrogens with two attached hydrogens (primary N) is 1. The van der Waals surface area contributed by atoms with Gasteiger partial charge >= 0.3 is 0 Å². The van der Waals surface area contributed by atoms with Crippen LogP contribution in [0.1, 0.15) is 34.1 Å². The van der Waals surface area contributed by atoms with E-state index in [0.29, 0.717) is 12.3 Å². The second kappa shape index (κ2) is 5.02. The summed E-state index contributed by atoms with van der Waals surface area (Å²) in [6.07, 6.45) is 5.92. The van der Waals surface area contributed by atoms with Crippen molar-refractivity contribution in [3.8, 4) is 12.3 Å². The van der Waals surface area contributed by atoms with Gasteiger partial charge in [-0.1, -0.05) is 19.8 Å². The van der Waals surface area contributed by atoms with Crippen LogP contribution in [0.3, 0.4) is 0 Å². The van der Waals surface area contributed by atoms with Gasteiger partial charge in [-0.2, -0.15) is 0 Å². The van der Waals surface area contributed by atoms with E-state index in [1.54, 1.807) is 13.8 Å². The van der Waals surface area contributed by atoms with Crippen LogP contribution in [-0.4, -0.2) is 17.5 Å². The Morgan fingerprint density at radius 2 is 2.07 bits per heavy atom. The quantitative estimate of drug-likeness (QED) is 0.656. The van der Waals surface area contributed by atoms with Crippen molar-refractivity contribution in [3.63, 3.8) is 0 Å². The highest BCUT2D eigenvalue weighted by Crippen LogP contribution is 2.05. The molecule has 0 aliphatic carbocycles. The van der Waals surface area contributed by atoms with Crippen molar-refractivity contribution < 1.29 is 4.79 Å². The van der Waals surface area contributed by atoms with Crippen molar-refractivity contribution >= 4 is 5.91 Å². The summed E-state index contributed by atoms with van der Waals surface area (Å²) in [6, 6.07) is -0.470. The monoisotopic (exact) mass is 196 g/mol. The van der Waals surface area contributed by atoms with Crippen LogP contribution in [0.5, 0.6) is 0 Å². The lowest BCUT2D eigenvalue weighted by atomic mass is 10.0. The first-order chi connectivity index (χ1) is 6.28. The van der Waals surface area contributed by atoms with Crippen molar-refractivity contribution in [2.75, 3.05) is 0 Å². The summed E-state index contributed by atoms with van der Waals surface area (Å²) in [5.41, 5.74) is 5.08. The second-order valence-electron chi connectivity index (χ2n) is 4.49. The Balaban J connectivity index is 4.16. The fraction of sp³-hybridized carbons (Fsp3) is 0.727. The van der Waals surface area contributed by atoms with Crippen LogP contribution < -0.4 is 11.1 Å². The van der Waals surface area contributed by atoms with Crippen LogP contribution in [-0.2, 0) is 4.79 Å². The normalized spacial score (nSPS) is 13.5. The minimum Gasteiger partial charge on any atom is -0.339 e. The van der Waals surface area contributed by atoms with Crippen LogP contribution in [0.2, 0.25) is 0 Å². The number of terminal acetylenes is 1. The maximum Gasteiger partial charge on any atom is 0.238 e. The molecule has 1 amide bonds. The molecule has 0 aliphatic rings.